The van der Waals surface area contributed by atoms with E-state index >= 15 is 0 Å². The van der Waals surface area contributed by atoms with Gasteiger partial charge in [0.2, 0.25) is 0 Å². The molecule has 0 fully saturated rings. The van der Waals surface area contributed by atoms with Gasteiger partial charge in [0.25, 0.3) is 5.91 Å². The Morgan fingerprint density at radius 1 is 1.56 bits per heavy atom. The fraction of sp³-hybridized carbons (Fsp3) is 0.462. The van der Waals surface area contributed by atoms with E-state index in [4.69, 9.17) is 4.74 Å². The molecule has 0 aliphatic carbocycles. The van der Waals surface area contributed by atoms with Crippen LogP contribution in [-0.2, 0) is 4.74 Å². The van der Waals surface area contributed by atoms with Crippen LogP contribution in [0.5, 0.6) is 5.75 Å². The van der Waals surface area contributed by atoms with Gasteiger partial charge in [-0.05, 0) is 18.6 Å². The van der Waals surface area contributed by atoms with Crippen molar-refractivity contribution in [2.45, 2.75) is 11.8 Å². The van der Waals surface area contributed by atoms with Crippen molar-refractivity contribution in [3.63, 3.8) is 0 Å². The number of rotatable bonds is 5. The fourth-order valence-electron chi connectivity index (χ4n) is 1.65. The molecule has 0 saturated carbocycles. The molecule has 1 unspecified atom stereocenters. The molecule has 0 aromatic heterocycles. The van der Waals surface area contributed by atoms with Gasteiger partial charge < -0.3 is 14.7 Å². The van der Waals surface area contributed by atoms with E-state index < -0.39 is 0 Å². The van der Waals surface area contributed by atoms with E-state index in [-0.39, 0.29) is 16.5 Å². The van der Waals surface area contributed by atoms with Gasteiger partial charge in [0, 0.05) is 20.7 Å². The van der Waals surface area contributed by atoms with Crippen molar-refractivity contribution in [1.29, 1.82) is 0 Å². The number of carbonyl (C=O) groups is 1. The van der Waals surface area contributed by atoms with Gasteiger partial charge in [0.15, 0.2) is 0 Å². The molecule has 4 nitrogen and oxygen atoms in total. The number of hydrogen-bond donors (Lipinski definition) is 1. The summed E-state index contributed by atoms with van der Waals surface area (Å²) >= 11 is 3.43. The van der Waals surface area contributed by atoms with E-state index in [0.29, 0.717) is 24.3 Å². The molecule has 1 aromatic rings. The first-order valence-corrected chi connectivity index (χ1v) is 6.56. The number of phenols is 1. The van der Waals surface area contributed by atoms with E-state index in [1.54, 1.807) is 44.2 Å². The monoisotopic (exact) mass is 315 g/mol. The zero-order chi connectivity index (χ0) is 13.7. The maximum atomic E-state index is 12.2. The van der Waals surface area contributed by atoms with Crippen molar-refractivity contribution >= 4 is 21.8 Å². The third-order valence-corrected chi connectivity index (χ3v) is 3.19. The first kappa shape index (κ1) is 15.0. The summed E-state index contributed by atoms with van der Waals surface area (Å²) in [6.07, 6.45) is 0. The van der Waals surface area contributed by atoms with Gasteiger partial charge in [-0.1, -0.05) is 28.1 Å². The van der Waals surface area contributed by atoms with E-state index in [1.807, 2.05) is 0 Å². The summed E-state index contributed by atoms with van der Waals surface area (Å²) in [5, 5.41) is 9.87. The molecule has 0 saturated heterocycles. The number of hydrogen-bond acceptors (Lipinski definition) is 3. The number of phenolic OH excluding ortho intramolecular Hbond substituents is 1. The zero-order valence-electron chi connectivity index (χ0n) is 10.8. The average molecular weight is 316 g/mol. The number of aryl methyl sites for hydroxylation is 1. The van der Waals surface area contributed by atoms with Crippen molar-refractivity contribution in [1.82, 2.24) is 4.90 Å². The van der Waals surface area contributed by atoms with Crippen LogP contribution in [0.4, 0.5) is 0 Å². The fourth-order valence-corrected chi connectivity index (χ4v) is 2.35. The standard InChI is InChI=1S/C13H18BrNO3/c1-9-5-4-6-11(12(9)16)13(17)15(2)7-10(14)8-18-3/h4-6,10,16H,7-8H2,1-3H3. The topological polar surface area (TPSA) is 49.8 Å². The molecule has 0 aliphatic rings. The molecule has 1 rings (SSSR count). The summed E-state index contributed by atoms with van der Waals surface area (Å²) in [6.45, 7) is 2.81. The van der Waals surface area contributed by atoms with Crippen molar-refractivity contribution < 1.29 is 14.6 Å². The third-order valence-electron chi connectivity index (χ3n) is 2.63. The molecule has 0 spiro atoms. The van der Waals surface area contributed by atoms with Crippen LogP contribution < -0.4 is 0 Å². The summed E-state index contributed by atoms with van der Waals surface area (Å²) < 4.78 is 5.00. The lowest BCUT2D eigenvalue weighted by Gasteiger charge is -2.21. The minimum atomic E-state index is -0.197. The number of aromatic hydroxyl groups is 1. The molecule has 5 heteroatoms. The van der Waals surface area contributed by atoms with Crippen LogP contribution in [0.3, 0.4) is 0 Å². The van der Waals surface area contributed by atoms with Crippen molar-refractivity contribution in [2.24, 2.45) is 0 Å². The Labute approximate surface area is 116 Å². The largest absolute Gasteiger partial charge is 0.507 e. The van der Waals surface area contributed by atoms with Crippen LogP contribution in [0.2, 0.25) is 0 Å². The second kappa shape index (κ2) is 6.75. The predicted molar refractivity (Wildman–Crippen MR) is 74.4 cm³/mol. The number of alkyl halides is 1. The lowest BCUT2D eigenvalue weighted by atomic mass is 10.1. The van der Waals surface area contributed by atoms with Gasteiger partial charge in [-0.25, -0.2) is 0 Å². The second-order valence-corrected chi connectivity index (χ2v) is 5.50. The van der Waals surface area contributed by atoms with Gasteiger partial charge in [0.1, 0.15) is 5.75 Å². The number of methoxy groups -OCH3 is 1. The number of para-hydroxylation sites is 1. The van der Waals surface area contributed by atoms with Gasteiger partial charge in [-0.15, -0.1) is 0 Å². The first-order valence-electron chi connectivity index (χ1n) is 5.64. The normalized spacial score (nSPS) is 12.2. The van der Waals surface area contributed by atoms with Crippen LogP contribution >= 0.6 is 15.9 Å². The maximum Gasteiger partial charge on any atom is 0.257 e. The molecule has 1 atom stereocenters. The summed E-state index contributed by atoms with van der Waals surface area (Å²) in [4.78, 5) is 13.8. The van der Waals surface area contributed by atoms with Gasteiger partial charge in [0.05, 0.1) is 17.0 Å². The van der Waals surface area contributed by atoms with Gasteiger partial charge in [-0.2, -0.15) is 0 Å². The second-order valence-electron chi connectivity index (χ2n) is 4.21. The highest BCUT2D eigenvalue weighted by Crippen LogP contribution is 2.22. The molecular formula is C13H18BrNO3. The molecule has 1 N–H and O–H groups in total. The van der Waals surface area contributed by atoms with E-state index in [9.17, 15) is 9.90 Å². The Morgan fingerprint density at radius 2 is 2.22 bits per heavy atom. The minimum absolute atomic E-state index is 0.0483. The maximum absolute atomic E-state index is 12.2. The van der Waals surface area contributed by atoms with Crippen molar-refractivity contribution in [3.05, 3.63) is 29.3 Å². The summed E-state index contributed by atoms with van der Waals surface area (Å²) in [6, 6.07) is 5.15. The minimum Gasteiger partial charge on any atom is -0.507 e. The van der Waals surface area contributed by atoms with Crippen LogP contribution in [-0.4, -0.2) is 48.0 Å². The number of amides is 1. The summed E-state index contributed by atoms with van der Waals surface area (Å²) in [5.74, 6) is -0.149. The first-order chi connectivity index (χ1) is 8.47. The Morgan fingerprint density at radius 3 is 2.83 bits per heavy atom. The van der Waals surface area contributed by atoms with Crippen LogP contribution in [0.15, 0.2) is 18.2 Å². The quantitative estimate of drug-likeness (QED) is 0.847. The number of carbonyl (C=O) groups excluding carboxylic acids is 1. The SMILES string of the molecule is COCC(Br)CN(C)C(=O)c1cccc(C)c1O. The van der Waals surface area contributed by atoms with E-state index in [2.05, 4.69) is 15.9 Å². The number of nitrogens with zero attached hydrogens (tertiary/aromatic N) is 1. The van der Waals surface area contributed by atoms with Gasteiger partial charge >= 0.3 is 0 Å². The molecule has 0 aliphatic heterocycles. The van der Waals surface area contributed by atoms with Gasteiger partial charge in [-0.3, -0.25) is 4.79 Å². The Bertz CT molecular complexity index is 423. The molecule has 1 aromatic carbocycles. The van der Waals surface area contributed by atoms with Crippen LogP contribution in [0.25, 0.3) is 0 Å². The Balaban J connectivity index is 2.77. The molecule has 1 amide bonds. The highest BCUT2D eigenvalue weighted by atomic mass is 79.9. The lowest BCUT2D eigenvalue weighted by molar-refractivity contribution is 0.0781. The van der Waals surface area contributed by atoms with E-state index in [1.165, 1.54) is 0 Å². The summed E-state index contributed by atoms with van der Waals surface area (Å²) in [5.41, 5.74) is 1.02. The molecule has 0 radical (unpaired) electrons. The molecule has 18 heavy (non-hydrogen) atoms. The van der Waals surface area contributed by atoms with Crippen LogP contribution in [0.1, 0.15) is 15.9 Å². The van der Waals surface area contributed by atoms with Crippen molar-refractivity contribution in [3.8, 4) is 5.75 Å². The molecular weight excluding hydrogens is 298 g/mol. The van der Waals surface area contributed by atoms with E-state index in [0.717, 1.165) is 0 Å². The number of ether oxygens (including phenoxy) is 1. The highest BCUT2D eigenvalue weighted by molar-refractivity contribution is 9.09. The van der Waals surface area contributed by atoms with Crippen LogP contribution in [0, 0.1) is 6.92 Å². The zero-order valence-corrected chi connectivity index (χ0v) is 12.4. The Kier molecular flexibility index (Phi) is 5.62. The number of halogens is 1. The molecule has 0 bridgehead atoms. The third kappa shape index (κ3) is 3.71. The average Bonchev–Trinajstić information content (AvgIpc) is 2.32. The number of benzene rings is 1. The highest BCUT2D eigenvalue weighted by Gasteiger charge is 2.18. The summed E-state index contributed by atoms with van der Waals surface area (Å²) in [7, 11) is 3.32. The lowest BCUT2D eigenvalue weighted by Crippen LogP contribution is -2.33. The molecule has 100 valence electrons. The smallest absolute Gasteiger partial charge is 0.257 e. The molecule has 0 heterocycles. The Hall–Kier alpha value is -1.07. The van der Waals surface area contributed by atoms with Crippen molar-refractivity contribution in [2.75, 3.05) is 27.3 Å². The predicted octanol–water partition coefficient (Wildman–Crippen LogP) is 2.18.